The third-order valence-corrected chi connectivity index (χ3v) is 4.37. The van der Waals surface area contributed by atoms with Gasteiger partial charge in [0.1, 0.15) is 11.5 Å². The minimum Gasteiger partial charge on any atom is -0.494 e. The summed E-state index contributed by atoms with van der Waals surface area (Å²) in [6.45, 7) is 1.80. The molecule has 3 aromatic carbocycles. The van der Waals surface area contributed by atoms with Gasteiger partial charge >= 0.3 is 5.97 Å². The van der Waals surface area contributed by atoms with E-state index in [1.807, 2.05) is 61.5 Å². The van der Waals surface area contributed by atoms with Gasteiger partial charge in [0, 0.05) is 12.1 Å². The molecule has 0 unspecified atom stereocenters. The highest BCUT2D eigenvalue weighted by atomic mass is 16.6. The van der Waals surface area contributed by atoms with Gasteiger partial charge in [-0.25, -0.2) is 4.79 Å². The minimum atomic E-state index is -0.614. The third-order valence-electron chi connectivity index (χ3n) is 4.37. The molecule has 0 aliphatic carbocycles. The number of anilines is 1. The minimum absolute atomic E-state index is 0.276. The van der Waals surface area contributed by atoms with Crippen molar-refractivity contribution in [2.45, 2.75) is 13.3 Å². The van der Waals surface area contributed by atoms with Crippen molar-refractivity contribution in [3.05, 3.63) is 90.0 Å². The molecule has 6 nitrogen and oxygen atoms in total. The molecule has 0 aliphatic rings. The molecule has 0 bridgehead atoms. The third kappa shape index (κ3) is 7.19. The number of amides is 1. The normalized spacial score (nSPS) is 10.2. The Morgan fingerprint density at radius 2 is 1.52 bits per heavy atom. The monoisotopic (exact) mass is 419 g/mol. The van der Waals surface area contributed by atoms with Crippen LogP contribution in [0.1, 0.15) is 18.1 Å². The van der Waals surface area contributed by atoms with Crippen LogP contribution in [0.25, 0.3) is 0 Å². The number of esters is 1. The first-order valence-corrected chi connectivity index (χ1v) is 10.1. The van der Waals surface area contributed by atoms with Gasteiger partial charge in [0.2, 0.25) is 0 Å². The molecule has 1 N–H and O–H groups in total. The Bertz CT molecular complexity index is 986. The summed E-state index contributed by atoms with van der Waals surface area (Å²) in [4.78, 5) is 24.0. The lowest BCUT2D eigenvalue weighted by molar-refractivity contribution is -0.149. The highest BCUT2D eigenvalue weighted by molar-refractivity contribution is 5.92. The Morgan fingerprint density at radius 3 is 2.26 bits per heavy atom. The molecule has 3 aromatic rings. The zero-order valence-electron chi connectivity index (χ0n) is 17.4. The van der Waals surface area contributed by atoms with Crippen LogP contribution in [-0.4, -0.2) is 31.7 Å². The average Bonchev–Trinajstić information content (AvgIpc) is 2.79. The van der Waals surface area contributed by atoms with E-state index >= 15 is 0 Å². The second kappa shape index (κ2) is 11.4. The number of hydrogen-bond acceptors (Lipinski definition) is 5. The Hall–Kier alpha value is -3.80. The molecule has 0 fully saturated rings. The first-order chi connectivity index (χ1) is 15.1. The van der Waals surface area contributed by atoms with Gasteiger partial charge in [-0.05, 0) is 48.4 Å². The lowest BCUT2D eigenvalue weighted by Gasteiger charge is -2.12. The van der Waals surface area contributed by atoms with E-state index in [1.54, 1.807) is 24.3 Å². The van der Waals surface area contributed by atoms with Gasteiger partial charge in [0.05, 0.1) is 6.61 Å². The lowest BCUT2D eigenvalue weighted by Crippen LogP contribution is -2.23. The van der Waals surface area contributed by atoms with E-state index in [0.29, 0.717) is 24.5 Å². The number of hydrogen-bond donors (Lipinski definition) is 1. The molecule has 31 heavy (non-hydrogen) atoms. The number of para-hydroxylation sites is 1. The van der Waals surface area contributed by atoms with E-state index in [-0.39, 0.29) is 13.2 Å². The Kier molecular flexibility index (Phi) is 8.05. The summed E-state index contributed by atoms with van der Waals surface area (Å²) >= 11 is 0. The zero-order chi connectivity index (χ0) is 21.9. The van der Waals surface area contributed by atoms with Crippen LogP contribution in [0.5, 0.6) is 11.5 Å². The highest BCUT2D eigenvalue weighted by Crippen LogP contribution is 2.21. The molecule has 0 heterocycles. The average molecular weight is 419 g/mol. The molecule has 3 rings (SSSR count). The Balaban J connectivity index is 1.44. The van der Waals surface area contributed by atoms with Gasteiger partial charge in [-0.3, -0.25) is 4.79 Å². The molecule has 0 aliphatic heterocycles. The molecular formula is C25H25NO5. The SMILES string of the molecule is CCOc1ccc(NC(=O)COC(=O)COc2ccccc2Cc2ccccc2)cc1. The van der Waals surface area contributed by atoms with E-state index in [9.17, 15) is 9.59 Å². The van der Waals surface area contributed by atoms with Crippen molar-refractivity contribution in [2.75, 3.05) is 25.1 Å². The standard InChI is InChI=1S/C25H25NO5/c1-2-29-22-14-12-21(13-15-22)26-24(27)17-31-25(28)18-30-23-11-7-6-10-20(23)16-19-8-4-3-5-9-19/h3-15H,2,16-18H2,1H3,(H,26,27). The molecule has 0 atom stereocenters. The fourth-order valence-electron chi connectivity index (χ4n) is 2.93. The summed E-state index contributed by atoms with van der Waals surface area (Å²) in [6, 6.07) is 24.5. The van der Waals surface area contributed by atoms with Crippen molar-refractivity contribution in [2.24, 2.45) is 0 Å². The van der Waals surface area contributed by atoms with E-state index in [0.717, 1.165) is 16.9 Å². The smallest absolute Gasteiger partial charge is 0.344 e. The van der Waals surface area contributed by atoms with Crippen molar-refractivity contribution in [3.63, 3.8) is 0 Å². The molecule has 0 aromatic heterocycles. The summed E-state index contributed by atoms with van der Waals surface area (Å²) in [5, 5.41) is 2.66. The lowest BCUT2D eigenvalue weighted by atomic mass is 10.0. The number of nitrogens with one attached hydrogen (secondary N) is 1. The van der Waals surface area contributed by atoms with Crippen LogP contribution >= 0.6 is 0 Å². The Labute approximate surface area is 181 Å². The maximum absolute atomic E-state index is 12.0. The van der Waals surface area contributed by atoms with Crippen molar-refractivity contribution >= 4 is 17.6 Å². The summed E-state index contributed by atoms with van der Waals surface area (Å²) in [5.41, 5.74) is 2.71. The van der Waals surface area contributed by atoms with E-state index < -0.39 is 11.9 Å². The molecule has 1 amide bonds. The first-order valence-electron chi connectivity index (χ1n) is 10.1. The zero-order valence-corrected chi connectivity index (χ0v) is 17.4. The van der Waals surface area contributed by atoms with E-state index in [4.69, 9.17) is 14.2 Å². The molecule has 0 saturated heterocycles. The number of ether oxygens (including phenoxy) is 3. The topological polar surface area (TPSA) is 73.9 Å². The van der Waals surface area contributed by atoms with Crippen LogP contribution in [0.15, 0.2) is 78.9 Å². The van der Waals surface area contributed by atoms with Crippen molar-refractivity contribution in [1.29, 1.82) is 0 Å². The fraction of sp³-hybridized carbons (Fsp3) is 0.200. The largest absolute Gasteiger partial charge is 0.494 e. The van der Waals surface area contributed by atoms with Gasteiger partial charge in [-0.2, -0.15) is 0 Å². The second-order valence-electron chi connectivity index (χ2n) is 6.73. The van der Waals surface area contributed by atoms with Gasteiger partial charge < -0.3 is 19.5 Å². The molecule has 0 radical (unpaired) electrons. The van der Waals surface area contributed by atoms with Crippen molar-refractivity contribution in [3.8, 4) is 11.5 Å². The van der Waals surface area contributed by atoms with Crippen LogP contribution < -0.4 is 14.8 Å². The van der Waals surface area contributed by atoms with Gasteiger partial charge in [-0.15, -0.1) is 0 Å². The van der Waals surface area contributed by atoms with Crippen LogP contribution in [0.3, 0.4) is 0 Å². The molecule has 160 valence electrons. The molecule has 6 heteroatoms. The summed E-state index contributed by atoms with van der Waals surface area (Å²) in [7, 11) is 0. The van der Waals surface area contributed by atoms with Crippen molar-refractivity contribution < 1.29 is 23.8 Å². The van der Waals surface area contributed by atoms with Crippen LogP contribution in [0.4, 0.5) is 5.69 Å². The predicted octanol–water partition coefficient (Wildman–Crippen LogP) is 4.24. The predicted molar refractivity (Wildman–Crippen MR) is 118 cm³/mol. The summed E-state index contributed by atoms with van der Waals surface area (Å²) < 4.78 is 16.0. The van der Waals surface area contributed by atoms with Crippen molar-refractivity contribution in [1.82, 2.24) is 0 Å². The van der Waals surface area contributed by atoms with Crippen LogP contribution in [-0.2, 0) is 20.7 Å². The van der Waals surface area contributed by atoms with E-state index in [1.165, 1.54) is 0 Å². The fourth-order valence-corrected chi connectivity index (χ4v) is 2.93. The summed E-state index contributed by atoms with van der Waals surface area (Å²) in [6.07, 6.45) is 0.691. The van der Waals surface area contributed by atoms with Gasteiger partial charge in [-0.1, -0.05) is 48.5 Å². The number of carbonyl (C=O) groups excluding carboxylic acids is 2. The van der Waals surface area contributed by atoms with Gasteiger partial charge in [0.25, 0.3) is 5.91 Å². The second-order valence-corrected chi connectivity index (χ2v) is 6.73. The maximum Gasteiger partial charge on any atom is 0.344 e. The number of benzene rings is 3. The van der Waals surface area contributed by atoms with Crippen LogP contribution in [0, 0.1) is 0 Å². The summed E-state index contributed by atoms with van der Waals surface area (Å²) in [5.74, 6) is 0.289. The maximum atomic E-state index is 12.0. The quantitative estimate of drug-likeness (QED) is 0.498. The molecular weight excluding hydrogens is 394 g/mol. The highest BCUT2D eigenvalue weighted by Gasteiger charge is 2.11. The molecule has 0 saturated carbocycles. The van der Waals surface area contributed by atoms with Crippen LogP contribution in [0.2, 0.25) is 0 Å². The van der Waals surface area contributed by atoms with Gasteiger partial charge in [0.15, 0.2) is 13.2 Å². The number of rotatable bonds is 10. The van der Waals surface area contributed by atoms with E-state index in [2.05, 4.69) is 5.32 Å². The number of carbonyl (C=O) groups is 2. The first kappa shape index (κ1) is 21.9. The Morgan fingerprint density at radius 1 is 0.806 bits per heavy atom. The molecule has 0 spiro atoms.